The van der Waals surface area contributed by atoms with Crippen LogP contribution in [0.25, 0.3) is 10.2 Å². The predicted molar refractivity (Wildman–Crippen MR) is 99.0 cm³/mol. The number of amides is 3. The van der Waals surface area contributed by atoms with E-state index in [0.717, 1.165) is 28.1 Å². The first-order valence-corrected chi connectivity index (χ1v) is 10.3. The third-order valence-electron chi connectivity index (χ3n) is 4.82. The van der Waals surface area contributed by atoms with E-state index in [1.165, 1.54) is 33.5 Å². The number of imide groups is 1. The Bertz CT molecular complexity index is 851. The summed E-state index contributed by atoms with van der Waals surface area (Å²) in [6.07, 6.45) is 4.91. The molecule has 4 rings (SSSR count). The lowest BCUT2D eigenvalue weighted by Crippen LogP contribution is -2.38. The van der Waals surface area contributed by atoms with Crippen molar-refractivity contribution in [1.29, 1.82) is 0 Å². The van der Waals surface area contributed by atoms with Crippen molar-refractivity contribution < 1.29 is 9.59 Å². The van der Waals surface area contributed by atoms with Gasteiger partial charge in [-0.25, -0.2) is 14.8 Å². The zero-order valence-electron chi connectivity index (χ0n) is 14.2. The van der Waals surface area contributed by atoms with Crippen LogP contribution in [0.3, 0.4) is 0 Å². The van der Waals surface area contributed by atoms with Gasteiger partial charge in [0.2, 0.25) is 5.91 Å². The average Bonchev–Trinajstić information content (AvgIpc) is 3.17. The Morgan fingerprint density at radius 2 is 2.32 bits per heavy atom. The highest BCUT2D eigenvalue weighted by atomic mass is 32.2. The molecule has 1 aliphatic carbocycles. The minimum absolute atomic E-state index is 0.163. The van der Waals surface area contributed by atoms with Gasteiger partial charge in [0.1, 0.15) is 16.2 Å². The van der Waals surface area contributed by atoms with Gasteiger partial charge in [0, 0.05) is 23.4 Å². The summed E-state index contributed by atoms with van der Waals surface area (Å²) in [5.74, 6) is 0.545. The summed E-state index contributed by atoms with van der Waals surface area (Å²) in [4.78, 5) is 36.9. The van der Waals surface area contributed by atoms with E-state index in [-0.39, 0.29) is 17.2 Å². The Balaban J connectivity index is 1.63. The van der Waals surface area contributed by atoms with Gasteiger partial charge in [-0.3, -0.25) is 9.69 Å². The molecule has 3 amide bonds. The second kappa shape index (κ2) is 6.57. The molecule has 1 N–H and O–H groups in total. The van der Waals surface area contributed by atoms with Crippen molar-refractivity contribution in [3.63, 3.8) is 0 Å². The maximum atomic E-state index is 12.6. The van der Waals surface area contributed by atoms with Crippen LogP contribution in [0.15, 0.2) is 11.4 Å². The van der Waals surface area contributed by atoms with Crippen molar-refractivity contribution in [2.75, 3.05) is 13.1 Å². The topological polar surface area (TPSA) is 75.2 Å². The lowest BCUT2D eigenvalue weighted by Gasteiger charge is -2.19. The Hall–Kier alpha value is -1.67. The van der Waals surface area contributed by atoms with Crippen LogP contribution in [0.1, 0.15) is 30.7 Å². The molecule has 2 atom stereocenters. The molecule has 132 valence electrons. The number of hydrogen-bond donors (Lipinski definition) is 1. The smallest absolute Gasteiger partial charge is 0.324 e. The Kier molecular flexibility index (Phi) is 4.41. The van der Waals surface area contributed by atoms with Crippen LogP contribution in [-0.2, 0) is 17.6 Å². The second-order valence-corrected chi connectivity index (χ2v) is 9.11. The van der Waals surface area contributed by atoms with Gasteiger partial charge in [-0.15, -0.1) is 11.3 Å². The molecule has 1 saturated heterocycles. The Morgan fingerprint density at radius 1 is 1.48 bits per heavy atom. The molecule has 0 spiro atoms. The first-order chi connectivity index (χ1) is 12.0. The third-order valence-corrected chi connectivity index (χ3v) is 7.07. The summed E-state index contributed by atoms with van der Waals surface area (Å²) in [6.45, 7) is 5.09. The van der Waals surface area contributed by atoms with Gasteiger partial charge in [-0.05, 0) is 37.7 Å². The summed E-state index contributed by atoms with van der Waals surface area (Å²) in [6, 6.07) is -0.299. The summed E-state index contributed by atoms with van der Waals surface area (Å²) in [5, 5.41) is 4.29. The predicted octanol–water partition coefficient (Wildman–Crippen LogP) is 2.85. The zero-order chi connectivity index (χ0) is 17.6. The standard InChI is InChI=1S/C17H20N4O2S2/c1-9-3-4-11-12(7-9)25-15-13(11)14(19-8-20-15)24-10(2)16(22)21-6-5-18-17(21)23/h8-10H,3-7H2,1-2H3,(H,18,23)/t9-,10-/m1/s1. The maximum absolute atomic E-state index is 12.6. The van der Waals surface area contributed by atoms with Crippen LogP contribution in [0.2, 0.25) is 0 Å². The van der Waals surface area contributed by atoms with Crippen LogP contribution in [0, 0.1) is 5.92 Å². The van der Waals surface area contributed by atoms with Gasteiger partial charge in [-0.2, -0.15) is 0 Å². The van der Waals surface area contributed by atoms with E-state index in [2.05, 4.69) is 22.2 Å². The minimum atomic E-state index is -0.361. The summed E-state index contributed by atoms with van der Waals surface area (Å²) in [7, 11) is 0. The molecule has 0 radical (unpaired) electrons. The number of nitrogens with one attached hydrogen (secondary N) is 1. The summed E-state index contributed by atoms with van der Waals surface area (Å²) in [5.41, 5.74) is 1.36. The third kappa shape index (κ3) is 3.01. The van der Waals surface area contributed by atoms with Crippen molar-refractivity contribution in [3.8, 4) is 0 Å². The normalized spacial score (nSPS) is 21.3. The fraction of sp³-hybridized carbons (Fsp3) is 0.529. The van der Waals surface area contributed by atoms with Crippen molar-refractivity contribution >= 4 is 45.3 Å². The number of thioether (sulfide) groups is 1. The molecular weight excluding hydrogens is 356 g/mol. The van der Waals surface area contributed by atoms with Crippen molar-refractivity contribution in [2.24, 2.45) is 5.92 Å². The molecule has 2 aromatic rings. The molecule has 1 fully saturated rings. The first kappa shape index (κ1) is 16.8. The molecule has 0 aromatic carbocycles. The van der Waals surface area contributed by atoms with E-state index in [1.54, 1.807) is 17.7 Å². The number of hydrogen-bond acceptors (Lipinski definition) is 6. The fourth-order valence-corrected chi connectivity index (χ4v) is 5.88. The molecule has 3 heterocycles. The number of carbonyl (C=O) groups excluding carboxylic acids is 2. The summed E-state index contributed by atoms with van der Waals surface area (Å²) < 4.78 is 0. The van der Waals surface area contributed by atoms with Gasteiger partial charge < -0.3 is 5.32 Å². The molecule has 25 heavy (non-hydrogen) atoms. The number of aryl methyl sites for hydroxylation is 1. The molecule has 0 unspecified atom stereocenters. The number of aromatic nitrogens is 2. The molecule has 2 aliphatic rings. The number of nitrogens with zero attached hydrogens (tertiary/aromatic N) is 3. The molecule has 8 heteroatoms. The number of urea groups is 1. The first-order valence-electron chi connectivity index (χ1n) is 8.55. The molecule has 2 aromatic heterocycles. The van der Waals surface area contributed by atoms with Crippen molar-refractivity contribution in [1.82, 2.24) is 20.2 Å². The van der Waals surface area contributed by atoms with E-state index in [4.69, 9.17) is 0 Å². The lowest BCUT2D eigenvalue weighted by molar-refractivity contribution is -0.126. The average molecular weight is 377 g/mol. The van der Waals surface area contributed by atoms with Crippen LogP contribution >= 0.6 is 23.1 Å². The number of rotatable bonds is 3. The highest BCUT2D eigenvalue weighted by Gasteiger charge is 2.31. The number of fused-ring (bicyclic) bond motifs is 3. The number of thiophene rings is 1. The maximum Gasteiger partial charge on any atom is 0.324 e. The van der Waals surface area contributed by atoms with Gasteiger partial charge in [0.15, 0.2) is 0 Å². The zero-order valence-corrected chi connectivity index (χ0v) is 15.9. The van der Waals surface area contributed by atoms with E-state index < -0.39 is 0 Å². The van der Waals surface area contributed by atoms with Crippen LogP contribution in [0.5, 0.6) is 0 Å². The van der Waals surface area contributed by atoms with E-state index >= 15 is 0 Å². The van der Waals surface area contributed by atoms with E-state index in [9.17, 15) is 9.59 Å². The summed E-state index contributed by atoms with van der Waals surface area (Å²) >= 11 is 3.19. The molecule has 1 aliphatic heterocycles. The SMILES string of the molecule is C[C@@H]1CCc2c(sc3ncnc(S[C@H](C)C(=O)N4CCNC4=O)c23)C1. The lowest BCUT2D eigenvalue weighted by atomic mass is 9.89. The molecule has 0 saturated carbocycles. The Labute approximate surface area is 154 Å². The molecule has 6 nitrogen and oxygen atoms in total. The van der Waals surface area contributed by atoms with E-state index in [1.807, 2.05) is 6.92 Å². The van der Waals surface area contributed by atoms with Crippen molar-refractivity contribution in [2.45, 2.75) is 43.4 Å². The minimum Gasteiger partial charge on any atom is -0.336 e. The van der Waals surface area contributed by atoms with Crippen LogP contribution in [0.4, 0.5) is 4.79 Å². The van der Waals surface area contributed by atoms with Crippen LogP contribution < -0.4 is 5.32 Å². The Morgan fingerprint density at radius 3 is 3.08 bits per heavy atom. The van der Waals surface area contributed by atoms with Gasteiger partial charge in [0.05, 0.1) is 5.25 Å². The van der Waals surface area contributed by atoms with Gasteiger partial charge in [-0.1, -0.05) is 18.7 Å². The quantitative estimate of drug-likeness (QED) is 0.658. The monoisotopic (exact) mass is 376 g/mol. The number of carbonyl (C=O) groups is 2. The highest BCUT2D eigenvalue weighted by molar-refractivity contribution is 8.00. The largest absolute Gasteiger partial charge is 0.336 e. The van der Waals surface area contributed by atoms with E-state index in [0.29, 0.717) is 19.0 Å². The second-order valence-electron chi connectivity index (χ2n) is 6.69. The van der Waals surface area contributed by atoms with Gasteiger partial charge >= 0.3 is 6.03 Å². The van der Waals surface area contributed by atoms with Crippen molar-refractivity contribution in [3.05, 3.63) is 16.8 Å². The fourth-order valence-electron chi connectivity index (χ4n) is 3.45. The van der Waals surface area contributed by atoms with Crippen LogP contribution in [-0.4, -0.2) is 45.1 Å². The highest BCUT2D eigenvalue weighted by Crippen LogP contribution is 2.41. The van der Waals surface area contributed by atoms with Gasteiger partial charge in [0.25, 0.3) is 0 Å². The molecule has 0 bridgehead atoms. The molecular formula is C17H20N4O2S2.